The Labute approximate surface area is 90.7 Å². The van der Waals surface area contributed by atoms with E-state index in [1.54, 1.807) is 6.07 Å². The van der Waals surface area contributed by atoms with Gasteiger partial charge in [-0.1, -0.05) is 18.2 Å². The molecule has 0 aliphatic rings. The first kappa shape index (κ1) is 12.1. The average molecular weight is 211 g/mol. The van der Waals surface area contributed by atoms with Crippen LogP contribution in [-0.2, 0) is 11.3 Å². The van der Waals surface area contributed by atoms with Crippen LogP contribution in [-0.4, -0.2) is 31.7 Å². The Balaban J connectivity index is 2.37. The molecule has 0 bridgehead atoms. The molecule has 0 aliphatic carbocycles. The van der Waals surface area contributed by atoms with E-state index in [9.17, 15) is 4.39 Å². The number of nitrogens with zero attached hydrogens (tertiary/aromatic N) is 1. The summed E-state index contributed by atoms with van der Waals surface area (Å²) in [5, 5.41) is 0. The maximum atomic E-state index is 13.3. The monoisotopic (exact) mass is 211 g/mol. The van der Waals surface area contributed by atoms with Gasteiger partial charge in [0.05, 0.1) is 6.61 Å². The van der Waals surface area contributed by atoms with Gasteiger partial charge in [-0.15, -0.1) is 0 Å². The molecular formula is C12H18FNO. The summed E-state index contributed by atoms with van der Waals surface area (Å²) < 4.78 is 18.5. The summed E-state index contributed by atoms with van der Waals surface area (Å²) in [4.78, 5) is 2.05. The zero-order valence-electron chi connectivity index (χ0n) is 9.37. The molecule has 0 fully saturated rings. The predicted molar refractivity (Wildman–Crippen MR) is 59.2 cm³/mol. The van der Waals surface area contributed by atoms with Crippen LogP contribution in [0.15, 0.2) is 24.3 Å². The zero-order valence-corrected chi connectivity index (χ0v) is 9.37. The minimum Gasteiger partial charge on any atom is -0.380 e. The molecule has 0 atom stereocenters. The molecule has 0 saturated carbocycles. The number of hydrogen-bond acceptors (Lipinski definition) is 2. The highest BCUT2D eigenvalue weighted by Crippen LogP contribution is 2.08. The summed E-state index contributed by atoms with van der Waals surface area (Å²) in [6.07, 6.45) is 0. The van der Waals surface area contributed by atoms with Crippen molar-refractivity contribution in [1.82, 2.24) is 4.90 Å². The maximum Gasteiger partial charge on any atom is 0.127 e. The van der Waals surface area contributed by atoms with E-state index in [0.717, 1.165) is 18.7 Å². The third kappa shape index (κ3) is 4.40. The second-order valence-corrected chi connectivity index (χ2v) is 3.53. The Morgan fingerprint density at radius 3 is 2.73 bits per heavy atom. The SMILES string of the molecule is CCOCCN(C)Cc1ccccc1F. The summed E-state index contributed by atoms with van der Waals surface area (Å²) >= 11 is 0. The summed E-state index contributed by atoms with van der Waals surface area (Å²) in [6.45, 7) is 4.84. The number of hydrogen-bond donors (Lipinski definition) is 0. The molecule has 0 aliphatic heterocycles. The van der Waals surface area contributed by atoms with Crippen LogP contribution in [0.2, 0.25) is 0 Å². The second-order valence-electron chi connectivity index (χ2n) is 3.53. The smallest absolute Gasteiger partial charge is 0.127 e. The molecular weight excluding hydrogens is 193 g/mol. The molecule has 2 nitrogen and oxygen atoms in total. The Hall–Kier alpha value is -0.930. The van der Waals surface area contributed by atoms with Gasteiger partial charge in [0.15, 0.2) is 0 Å². The number of rotatable bonds is 6. The Bertz CT molecular complexity index is 291. The Morgan fingerprint density at radius 1 is 1.33 bits per heavy atom. The largest absolute Gasteiger partial charge is 0.380 e. The van der Waals surface area contributed by atoms with E-state index >= 15 is 0 Å². The van der Waals surface area contributed by atoms with E-state index in [1.165, 1.54) is 6.07 Å². The fourth-order valence-corrected chi connectivity index (χ4v) is 1.36. The number of likely N-dealkylation sites (N-methyl/N-ethyl adjacent to an activating group) is 1. The first-order valence-corrected chi connectivity index (χ1v) is 5.23. The van der Waals surface area contributed by atoms with E-state index in [0.29, 0.717) is 13.2 Å². The summed E-state index contributed by atoms with van der Waals surface area (Å²) in [6, 6.07) is 6.87. The van der Waals surface area contributed by atoms with Crippen molar-refractivity contribution in [3.05, 3.63) is 35.6 Å². The number of benzene rings is 1. The lowest BCUT2D eigenvalue weighted by atomic mass is 10.2. The molecule has 1 aromatic carbocycles. The van der Waals surface area contributed by atoms with Gasteiger partial charge in [0.1, 0.15) is 5.82 Å². The van der Waals surface area contributed by atoms with Crippen molar-refractivity contribution in [3.8, 4) is 0 Å². The van der Waals surface area contributed by atoms with Crippen LogP contribution in [0.3, 0.4) is 0 Å². The molecule has 1 aromatic rings. The summed E-state index contributed by atoms with van der Waals surface area (Å²) in [7, 11) is 1.96. The van der Waals surface area contributed by atoms with Crippen LogP contribution in [0, 0.1) is 5.82 Å². The number of halogens is 1. The van der Waals surface area contributed by atoms with Gasteiger partial charge in [-0.2, -0.15) is 0 Å². The molecule has 15 heavy (non-hydrogen) atoms. The van der Waals surface area contributed by atoms with E-state index in [-0.39, 0.29) is 5.82 Å². The average Bonchev–Trinajstić information content (AvgIpc) is 2.22. The van der Waals surface area contributed by atoms with E-state index in [1.807, 2.05) is 31.0 Å². The topological polar surface area (TPSA) is 12.5 Å². The molecule has 0 radical (unpaired) electrons. The van der Waals surface area contributed by atoms with Crippen LogP contribution >= 0.6 is 0 Å². The normalized spacial score (nSPS) is 10.9. The molecule has 0 aromatic heterocycles. The van der Waals surface area contributed by atoms with Gasteiger partial charge in [-0.3, -0.25) is 4.90 Å². The van der Waals surface area contributed by atoms with Crippen molar-refractivity contribution in [3.63, 3.8) is 0 Å². The molecule has 0 spiro atoms. The van der Waals surface area contributed by atoms with Crippen LogP contribution in [0.5, 0.6) is 0 Å². The van der Waals surface area contributed by atoms with Crippen molar-refractivity contribution in [2.75, 3.05) is 26.8 Å². The maximum absolute atomic E-state index is 13.3. The lowest BCUT2D eigenvalue weighted by Gasteiger charge is -2.16. The standard InChI is InChI=1S/C12H18FNO/c1-3-15-9-8-14(2)10-11-6-4-5-7-12(11)13/h4-7H,3,8-10H2,1-2H3. The molecule has 1 rings (SSSR count). The van der Waals surface area contributed by atoms with Crippen LogP contribution in [0.1, 0.15) is 12.5 Å². The highest BCUT2D eigenvalue weighted by molar-refractivity contribution is 5.16. The second kappa shape index (κ2) is 6.53. The third-order valence-corrected chi connectivity index (χ3v) is 2.22. The molecule has 0 heterocycles. The zero-order chi connectivity index (χ0) is 11.1. The summed E-state index contributed by atoms with van der Waals surface area (Å²) in [5.41, 5.74) is 0.733. The molecule has 3 heteroatoms. The lowest BCUT2D eigenvalue weighted by Crippen LogP contribution is -2.23. The van der Waals surface area contributed by atoms with Gasteiger partial charge in [0.2, 0.25) is 0 Å². The first-order chi connectivity index (χ1) is 7.24. The minimum absolute atomic E-state index is 0.138. The van der Waals surface area contributed by atoms with Crippen LogP contribution < -0.4 is 0 Å². The van der Waals surface area contributed by atoms with Crippen molar-refractivity contribution < 1.29 is 9.13 Å². The molecule has 0 amide bonds. The van der Waals surface area contributed by atoms with Crippen molar-refractivity contribution in [2.45, 2.75) is 13.5 Å². The van der Waals surface area contributed by atoms with Crippen molar-refractivity contribution in [2.24, 2.45) is 0 Å². The first-order valence-electron chi connectivity index (χ1n) is 5.23. The molecule has 0 unspecified atom stereocenters. The quantitative estimate of drug-likeness (QED) is 0.669. The Kier molecular flexibility index (Phi) is 5.29. The van der Waals surface area contributed by atoms with Crippen LogP contribution in [0.4, 0.5) is 4.39 Å². The van der Waals surface area contributed by atoms with Gasteiger partial charge in [-0.25, -0.2) is 4.39 Å². The molecule has 84 valence electrons. The van der Waals surface area contributed by atoms with Gasteiger partial charge in [0.25, 0.3) is 0 Å². The van der Waals surface area contributed by atoms with Crippen molar-refractivity contribution in [1.29, 1.82) is 0 Å². The van der Waals surface area contributed by atoms with Gasteiger partial charge >= 0.3 is 0 Å². The summed E-state index contributed by atoms with van der Waals surface area (Å²) in [5.74, 6) is -0.138. The third-order valence-electron chi connectivity index (χ3n) is 2.22. The highest BCUT2D eigenvalue weighted by Gasteiger charge is 2.04. The Morgan fingerprint density at radius 2 is 2.07 bits per heavy atom. The lowest BCUT2D eigenvalue weighted by molar-refractivity contribution is 0.120. The fraction of sp³-hybridized carbons (Fsp3) is 0.500. The van der Waals surface area contributed by atoms with Crippen LogP contribution in [0.25, 0.3) is 0 Å². The highest BCUT2D eigenvalue weighted by atomic mass is 19.1. The van der Waals surface area contributed by atoms with E-state index in [2.05, 4.69) is 0 Å². The van der Waals surface area contributed by atoms with E-state index in [4.69, 9.17) is 4.74 Å². The minimum atomic E-state index is -0.138. The van der Waals surface area contributed by atoms with Crippen molar-refractivity contribution >= 4 is 0 Å². The van der Waals surface area contributed by atoms with E-state index < -0.39 is 0 Å². The molecule has 0 saturated heterocycles. The molecule has 0 N–H and O–H groups in total. The van der Waals surface area contributed by atoms with Gasteiger partial charge in [-0.05, 0) is 20.0 Å². The van der Waals surface area contributed by atoms with Gasteiger partial charge in [0, 0.05) is 25.3 Å². The predicted octanol–water partition coefficient (Wildman–Crippen LogP) is 2.29. The fourth-order valence-electron chi connectivity index (χ4n) is 1.36. The van der Waals surface area contributed by atoms with Gasteiger partial charge < -0.3 is 4.74 Å². The number of ether oxygens (including phenoxy) is 1.